The average molecular weight is 307 g/mol. The number of rotatable bonds is 6. The van der Waals surface area contributed by atoms with E-state index in [0.29, 0.717) is 12.2 Å². The van der Waals surface area contributed by atoms with Gasteiger partial charge in [0.05, 0.1) is 0 Å². The van der Waals surface area contributed by atoms with E-state index in [1.807, 2.05) is 30.5 Å². The van der Waals surface area contributed by atoms with E-state index in [0.717, 1.165) is 24.2 Å². The number of nitrogens with one attached hydrogen (secondary N) is 1. The van der Waals surface area contributed by atoms with E-state index in [9.17, 15) is 8.42 Å². The minimum absolute atomic E-state index is 0.248. The SMILES string of the molecule is CCCn1cc(S(=O)(=O)Nc2cccc(C)c2)cc1CN. The number of nitrogens with two attached hydrogens (primary N) is 1. The average Bonchev–Trinajstić information content (AvgIpc) is 2.83. The summed E-state index contributed by atoms with van der Waals surface area (Å²) < 4.78 is 29.4. The van der Waals surface area contributed by atoms with Crippen LogP contribution in [0.2, 0.25) is 0 Å². The first-order valence-electron chi connectivity index (χ1n) is 6.95. The quantitative estimate of drug-likeness (QED) is 0.860. The summed E-state index contributed by atoms with van der Waals surface area (Å²) in [6.07, 6.45) is 2.57. The molecule has 1 aromatic heterocycles. The second kappa shape index (κ2) is 6.32. The molecule has 0 aliphatic carbocycles. The van der Waals surface area contributed by atoms with Gasteiger partial charge in [-0.2, -0.15) is 0 Å². The predicted octanol–water partition coefficient (Wildman–Crippen LogP) is 2.47. The molecule has 0 fully saturated rings. The molecule has 5 nitrogen and oxygen atoms in total. The van der Waals surface area contributed by atoms with Gasteiger partial charge in [-0.3, -0.25) is 4.72 Å². The molecule has 0 aliphatic rings. The van der Waals surface area contributed by atoms with Crippen LogP contribution in [0.15, 0.2) is 41.4 Å². The third kappa shape index (κ3) is 3.65. The second-order valence-corrected chi connectivity index (χ2v) is 6.72. The number of benzene rings is 1. The van der Waals surface area contributed by atoms with Gasteiger partial charge in [-0.25, -0.2) is 8.42 Å². The summed E-state index contributed by atoms with van der Waals surface area (Å²) in [7, 11) is -3.59. The summed E-state index contributed by atoms with van der Waals surface area (Å²) in [5.74, 6) is 0. The van der Waals surface area contributed by atoms with Crippen molar-refractivity contribution in [3.63, 3.8) is 0 Å². The van der Waals surface area contributed by atoms with Gasteiger partial charge in [-0.05, 0) is 37.1 Å². The summed E-state index contributed by atoms with van der Waals surface area (Å²) >= 11 is 0. The molecule has 21 heavy (non-hydrogen) atoms. The van der Waals surface area contributed by atoms with Crippen LogP contribution >= 0.6 is 0 Å². The van der Waals surface area contributed by atoms with Gasteiger partial charge in [0.25, 0.3) is 10.0 Å². The Bertz CT molecular complexity index is 720. The molecular weight excluding hydrogens is 286 g/mol. The number of hydrogen-bond donors (Lipinski definition) is 2. The van der Waals surface area contributed by atoms with Gasteiger partial charge in [0.1, 0.15) is 4.90 Å². The third-order valence-electron chi connectivity index (χ3n) is 3.22. The zero-order valence-corrected chi connectivity index (χ0v) is 13.2. The van der Waals surface area contributed by atoms with Crippen molar-refractivity contribution in [3.8, 4) is 0 Å². The Hall–Kier alpha value is -1.79. The van der Waals surface area contributed by atoms with Gasteiger partial charge in [0.15, 0.2) is 0 Å². The maximum atomic E-state index is 12.4. The fourth-order valence-electron chi connectivity index (χ4n) is 2.22. The van der Waals surface area contributed by atoms with E-state index < -0.39 is 10.0 Å². The van der Waals surface area contributed by atoms with E-state index in [1.54, 1.807) is 24.4 Å². The summed E-state index contributed by atoms with van der Waals surface area (Å²) in [4.78, 5) is 0.248. The summed E-state index contributed by atoms with van der Waals surface area (Å²) in [6.45, 7) is 5.04. The van der Waals surface area contributed by atoms with E-state index in [1.165, 1.54) is 0 Å². The lowest BCUT2D eigenvalue weighted by atomic mass is 10.2. The molecule has 0 saturated carbocycles. The summed E-state index contributed by atoms with van der Waals surface area (Å²) in [6, 6.07) is 8.90. The summed E-state index contributed by atoms with van der Waals surface area (Å²) in [5.41, 5.74) is 8.06. The molecule has 0 atom stereocenters. The molecule has 0 saturated heterocycles. The van der Waals surface area contributed by atoms with Crippen molar-refractivity contribution in [2.75, 3.05) is 4.72 Å². The van der Waals surface area contributed by atoms with Crippen molar-refractivity contribution in [2.45, 2.75) is 38.3 Å². The standard InChI is InChI=1S/C15H21N3O2S/c1-3-7-18-11-15(9-14(18)10-16)21(19,20)17-13-6-4-5-12(2)8-13/h4-6,8-9,11,17H,3,7,10,16H2,1-2H3. The number of aromatic nitrogens is 1. The van der Waals surface area contributed by atoms with Crippen molar-refractivity contribution in [2.24, 2.45) is 5.73 Å². The highest BCUT2D eigenvalue weighted by atomic mass is 32.2. The van der Waals surface area contributed by atoms with Gasteiger partial charge in [0.2, 0.25) is 0 Å². The van der Waals surface area contributed by atoms with E-state index in [4.69, 9.17) is 5.73 Å². The van der Waals surface area contributed by atoms with Crippen LogP contribution in [0.4, 0.5) is 5.69 Å². The Morgan fingerprint density at radius 1 is 1.29 bits per heavy atom. The molecule has 3 N–H and O–H groups in total. The fraction of sp³-hybridized carbons (Fsp3) is 0.333. The zero-order valence-electron chi connectivity index (χ0n) is 12.3. The molecule has 2 aromatic rings. The molecule has 0 bridgehead atoms. The highest BCUT2D eigenvalue weighted by Gasteiger charge is 2.18. The molecule has 0 unspecified atom stereocenters. The molecule has 114 valence electrons. The Morgan fingerprint density at radius 3 is 2.67 bits per heavy atom. The van der Waals surface area contributed by atoms with Crippen molar-refractivity contribution in [1.82, 2.24) is 4.57 Å². The highest BCUT2D eigenvalue weighted by Crippen LogP contribution is 2.19. The van der Waals surface area contributed by atoms with Crippen molar-refractivity contribution in [3.05, 3.63) is 47.8 Å². The van der Waals surface area contributed by atoms with Crippen LogP contribution in [-0.4, -0.2) is 13.0 Å². The number of sulfonamides is 1. The van der Waals surface area contributed by atoms with E-state index >= 15 is 0 Å². The molecule has 1 aromatic carbocycles. The monoisotopic (exact) mass is 307 g/mol. The van der Waals surface area contributed by atoms with E-state index in [-0.39, 0.29) is 4.90 Å². The van der Waals surface area contributed by atoms with Crippen LogP contribution in [0, 0.1) is 6.92 Å². The van der Waals surface area contributed by atoms with Gasteiger partial charge in [-0.15, -0.1) is 0 Å². The lowest BCUT2D eigenvalue weighted by molar-refractivity contribution is 0.600. The van der Waals surface area contributed by atoms with Crippen molar-refractivity contribution < 1.29 is 8.42 Å². The second-order valence-electron chi connectivity index (χ2n) is 5.04. The maximum absolute atomic E-state index is 12.4. The lowest BCUT2D eigenvalue weighted by Crippen LogP contribution is -2.12. The van der Waals surface area contributed by atoms with Crippen molar-refractivity contribution >= 4 is 15.7 Å². The van der Waals surface area contributed by atoms with Crippen LogP contribution in [0.1, 0.15) is 24.6 Å². The predicted molar refractivity (Wildman–Crippen MR) is 84.6 cm³/mol. The Kier molecular flexibility index (Phi) is 4.69. The minimum atomic E-state index is -3.59. The van der Waals surface area contributed by atoms with Crippen LogP contribution in [0.5, 0.6) is 0 Å². The first-order chi connectivity index (χ1) is 9.96. The van der Waals surface area contributed by atoms with Gasteiger partial charge in [0, 0.05) is 30.7 Å². The molecule has 0 aliphatic heterocycles. The lowest BCUT2D eigenvalue weighted by Gasteiger charge is -2.07. The van der Waals surface area contributed by atoms with Gasteiger partial charge in [-0.1, -0.05) is 19.1 Å². The first-order valence-corrected chi connectivity index (χ1v) is 8.43. The number of anilines is 1. The summed E-state index contributed by atoms with van der Waals surface area (Å²) in [5, 5.41) is 0. The Labute approximate surface area is 125 Å². The molecular formula is C15H21N3O2S. The van der Waals surface area contributed by atoms with Crippen LogP contribution < -0.4 is 10.5 Å². The van der Waals surface area contributed by atoms with Crippen LogP contribution in [0.25, 0.3) is 0 Å². The number of hydrogen-bond acceptors (Lipinski definition) is 3. The molecule has 1 heterocycles. The van der Waals surface area contributed by atoms with Crippen LogP contribution in [0.3, 0.4) is 0 Å². The van der Waals surface area contributed by atoms with Crippen LogP contribution in [-0.2, 0) is 23.1 Å². The largest absolute Gasteiger partial charge is 0.349 e. The normalized spacial score (nSPS) is 11.6. The number of aryl methyl sites for hydroxylation is 2. The minimum Gasteiger partial charge on any atom is -0.349 e. The Morgan fingerprint density at radius 2 is 2.05 bits per heavy atom. The molecule has 2 rings (SSSR count). The highest BCUT2D eigenvalue weighted by molar-refractivity contribution is 7.92. The maximum Gasteiger partial charge on any atom is 0.263 e. The zero-order chi connectivity index (χ0) is 15.5. The topological polar surface area (TPSA) is 77.1 Å². The molecule has 6 heteroatoms. The molecule has 0 radical (unpaired) electrons. The molecule has 0 amide bonds. The third-order valence-corrected chi connectivity index (χ3v) is 4.56. The van der Waals surface area contributed by atoms with Gasteiger partial charge < -0.3 is 10.3 Å². The Balaban J connectivity index is 2.31. The smallest absolute Gasteiger partial charge is 0.263 e. The van der Waals surface area contributed by atoms with Gasteiger partial charge >= 0.3 is 0 Å². The van der Waals surface area contributed by atoms with Crippen molar-refractivity contribution in [1.29, 1.82) is 0 Å². The van der Waals surface area contributed by atoms with E-state index in [2.05, 4.69) is 4.72 Å². The first kappa shape index (κ1) is 15.6. The molecule has 0 spiro atoms. The number of nitrogens with zero attached hydrogens (tertiary/aromatic N) is 1. The fourth-order valence-corrected chi connectivity index (χ4v) is 3.33.